The Kier molecular flexibility index (Phi) is 10.6. The quantitative estimate of drug-likeness (QED) is 0.188. The van der Waals surface area contributed by atoms with E-state index in [2.05, 4.69) is 20.7 Å². The molecule has 3 aromatic rings. The average molecular weight is 520 g/mol. The molecule has 0 saturated heterocycles. The lowest BCUT2D eigenvalue weighted by molar-refractivity contribution is -0.120. The fourth-order valence-electron chi connectivity index (χ4n) is 2.80. The van der Waals surface area contributed by atoms with Crippen LogP contribution in [-0.4, -0.2) is 55.4 Å². The molecule has 186 valence electrons. The predicted molar refractivity (Wildman–Crippen MR) is 135 cm³/mol. The third-order valence-electron chi connectivity index (χ3n) is 4.24. The number of hydrogen-bond donors (Lipinski definition) is 2. The minimum absolute atomic E-state index is 0.0321. The Bertz CT molecular complexity index is 1110. The maximum absolute atomic E-state index is 12.0. The number of nitrogens with one attached hydrogen (secondary N) is 1. The van der Waals surface area contributed by atoms with Crippen molar-refractivity contribution in [3.8, 4) is 17.2 Å². The maximum Gasteiger partial charge on any atom is 0.247 e. The van der Waals surface area contributed by atoms with E-state index in [1.807, 2.05) is 37.3 Å². The highest BCUT2D eigenvalue weighted by Crippen LogP contribution is 2.36. The predicted octanol–water partition coefficient (Wildman–Crippen LogP) is 3.34. The number of benzene rings is 2. The number of nitrogens with zero attached hydrogens (tertiary/aromatic N) is 3. The third-order valence-corrected chi connectivity index (χ3v) is 5.28. The van der Waals surface area contributed by atoms with Crippen LogP contribution in [0.3, 0.4) is 0 Å². The first-order valence-corrected chi connectivity index (χ1v) is 12.0. The van der Waals surface area contributed by atoms with Gasteiger partial charge in [-0.25, -0.2) is 5.43 Å². The number of carbonyl (C=O) groups is 1. The van der Waals surface area contributed by atoms with E-state index in [9.17, 15) is 4.79 Å². The highest BCUT2D eigenvalue weighted by atomic mass is 35.5. The van der Waals surface area contributed by atoms with Crippen molar-refractivity contribution in [3.63, 3.8) is 0 Å². The van der Waals surface area contributed by atoms with E-state index < -0.39 is 0 Å². The van der Waals surface area contributed by atoms with Gasteiger partial charge in [0.2, 0.25) is 11.0 Å². The summed E-state index contributed by atoms with van der Waals surface area (Å²) in [5.74, 6) is 1.32. The summed E-state index contributed by atoms with van der Waals surface area (Å²) in [6, 6.07) is 12.9. The van der Waals surface area contributed by atoms with Gasteiger partial charge in [-0.3, -0.25) is 4.79 Å². The van der Waals surface area contributed by atoms with Gasteiger partial charge in [-0.1, -0.05) is 41.1 Å². The molecule has 1 aromatic heterocycles. The molecule has 0 aliphatic heterocycles. The number of amides is 1. The summed E-state index contributed by atoms with van der Waals surface area (Å²) in [5.41, 5.74) is 8.57. The van der Waals surface area contributed by atoms with Crippen molar-refractivity contribution in [1.82, 2.24) is 15.6 Å². The summed E-state index contributed by atoms with van der Waals surface area (Å²) in [5, 5.41) is 12.6. The molecular weight excluding hydrogens is 494 g/mol. The Morgan fingerprint density at radius 2 is 1.89 bits per heavy atom. The van der Waals surface area contributed by atoms with Gasteiger partial charge in [0.25, 0.3) is 0 Å². The van der Waals surface area contributed by atoms with E-state index in [0.29, 0.717) is 58.7 Å². The van der Waals surface area contributed by atoms with Crippen LogP contribution < -0.4 is 25.4 Å². The summed E-state index contributed by atoms with van der Waals surface area (Å²) in [4.78, 5) is 12.0. The molecule has 12 heteroatoms. The number of carbonyl (C=O) groups excluding carboxylic acids is 1. The summed E-state index contributed by atoms with van der Waals surface area (Å²) in [7, 11) is 0. The molecule has 1 amide bonds. The Hall–Kier alpha value is -3.41. The third kappa shape index (κ3) is 9.04. The number of hydrogen-bond acceptors (Lipinski definition) is 10. The normalized spacial score (nSPS) is 10.9. The van der Waals surface area contributed by atoms with Crippen LogP contribution in [0.25, 0.3) is 0 Å². The summed E-state index contributed by atoms with van der Waals surface area (Å²) >= 11 is 7.56. The van der Waals surface area contributed by atoms with Crippen molar-refractivity contribution in [2.24, 2.45) is 5.10 Å². The number of nitrogen functional groups attached to an aromatic ring is 1. The number of rotatable bonds is 14. The van der Waals surface area contributed by atoms with Gasteiger partial charge >= 0.3 is 0 Å². The zero-order valence-electron chi connectivity index (χ0n) is 19.1. The molecule has 0 radical (unpaired) electrons. The molecule has 0 fully saturated rings. The highest BCUT2D eigenvalue weighted by Gasteiger charge is 2.13. The van der Waals surface area contributed by atoms with Crippen LogP contribution in [0, 0.1) is 0 Å². The molecule has 0 unspecified atom stereocenters. The Balaban J connectivity index is 1.45. The van der Waals surface area contributed by atoms with Gasteiger partial charge in [0.15, 0.2) is 11.5 Å². The van der Waals surface area contributed by atoms with Crippen LogP contribution in [0.5, 0.6) is 17.2 Å². The van der Waals surface area contributed by atoms with Crippen LogP contribution in [0.4, 0.5) is 5.13 Å². The molecule has 0 saturated carbocycles. The Labute approximate surface area is 212 Å². The lowest BCUT2D eigenvalue weighted by Gasteiger charge is -2.14. The molecule has 3 N–H and O–H groups in total. The van der Waals surface area contributed by atoms with Crippen molar-refractivity contribution in [1.29, 1.82) is 0 Å². The lowest BCUT2D eigenvalue weighted by atomic mass is 10.2. The lowest BCUT2D eigenvalue weighted by Crippen LogP contribution is -2.19. The van der Waals surface area contributed by atoms with E-state index in [1.165, 1.54) is 6.21 Å². The van der Waals surface area contributed by atoms with E-state index in [0.717, 1.165) is 17.1 Å². The zero-order chi connectivity index (χ0) is 24.9. The fraction of sp³-hybridized carbons (Fsp3) is 0.304. The molecule has 1 heterocycles. The van der Waals surface area contributed by atoms with Crippen LogP contribution in [0.1, 0.15) is 17.5 Å². The molecule has 10 nitrogen and oxygen atoms in total. The number of ether oxygens (including phenoxy) is 4. The number of halogens is 1. The largest absolute Gasteiger partial charge is 0.491 e. The van der Waals surface area contributed by atoms with Gasteiger partial charge < -0.3 is 24.7 Å². The molecule has 0 spiro atoms. The van der Waals surface area contributed by atoms with Crippen molar-refractivity contribution in [2.75, 3.05) is 38.8 Å². The van der Waals surface area contributed by atoms with Crippen molar-refractivity contribution in [3.05, 3.63) is 58.1 Å². The number of anilines is 1. The molecule has 2 aromatic carbocycles. The molecular formula is C23H26ClN5O5S. The number of hydrazone groups is 1. The second-order valence-electron chi connectivity index (χ2n) is 6.89. The standard InChI is InChI=1S/C23H26ClN5O5S/c1-2-32-19-13-16(15-26-27-20(30)14-21-28-29-23(25)35-21)12-18(24)22(19)34-11-9-31-8-10-33-17-6-4-3-5-7-17/h3-7,12-13,15H,2,8-11,14H2,1H3,(H2,25,29)(H,27,30). The fourth-order valence-corrected chi connectivity index (χ4v) is 3.68. The van der Waals surface area contributed by atoms with Gasteiger partial charge in [0.05, 0.1) is 37.5 Å². The summed E-state index contributed by atoms with van der Waals surface area (Å²) in [6.07, 6.45) is 1.49. The van der Waals surface area contributed by atoms with Gasteiger partial charge in [-0.05, 0) is 36.8 Å². The Morgan fingerprint density at radius 1 is 1.11 bits per heavy atom. The van der Waals surface area contributed by atoms with Crippen molar-refractivity contribution < 1.29 is 23.7 Å². The molecule has 35 heavy (non-hydrogen) atoms. The minimum atomic E-state index is -0.345. The van der Waals surface area contributed by atoms with E-state index in [1.54, 1.807) is 12.1 Å². The second-order valence-corrected chi connectivity index (χ2v) is 8.39. The zero-order valence-corrected chi connectivity index (χ0v) is 20.7. The number of aromatic nitrogens is 2. The van der Waals surface area contributed by atoms with Crippen LogP contribution in [-0.2, 0) is 16.0 Å². The molecule has 0 atom stereocenters. The minimum Gasteiger partial charge on any atom is -0.491 e. The van der Waals surface area contributed by atoms with Gasteiger partial charge in [0, 0.05) is 0 Å². The Morgan fingerprint density at radius 3 is 2.60 bits per heavy atom. The number of para-hydroxylation sites is 1. The van der Waals surface area contributed by atoms with Crippen LogP contribution in [0.15, 0.2) is 47.6 Å². The molecule has 0 aliphatic rings. The molecule has 0 bridgehead atoms. The van der Waals surface area contributed by atoms with Crippen LogP contribution in [0.2, 0.25) is 5.02 Å². The van der Waals surface area contributed by atoms with Crippen molar-refractivity contribution >= 4 is 40.2 Å². The summed E-state index contributed by atoms with van der Waals surface area (Å²) in [6.45, 7) is 3.78. The first-order valence-electron chi connectivity index (χ1n) is 10.8. The van der Waals surface area contributed by atoms with Gasteiger partial charge in [0.1, 0.15) is 24.0 Å². The monoisotopic (exact) mass is 519 g/mol. The van der Waals surface area contributed by atoms with Gasteiger partial charge in [-0.2, -0.15) is 5.10 Å². The number of nitrogens with two attached hydrogens (primary N) is 1. The molecule has 0 aliphatic carbocycles. The SMILES string of the molecule is CCOc1cc(C=NNC(=O)Cc2nnc(N)s2)cc(Cl)c1OCCOCCOc1ccccc1. The summed E-state index contributed by atoms with van der Waals surface area (Å²) < 4.78 is 22.6. The maximum atomic E-state index is 12.0. The van der Waals surface area contributed by atoms with E-state index in [-0.39, 0.29) is 18.9 Å². The topological polar surface area (TPSA) is 130 Å². The average Bonchev–Trinajstić information content (AvgIpc) is 3.25. The highest BCUT2D eigenvalue weighted by molar-refractivity contribution is 7.15. The second kappa shape index (κ2) is 14.1. The van der Waals surface area contributed by atoms with Crippen LogP contribution >= 0.6 is 22.9 Å². The smallest absolute Gasteiger partial charge is 0.247 e. The van der Waals surface area contributed by atoms with Gasteiger partial charge in [-0.15, -0.1) is 10.2 Å². The van der Waals surface area contributed by atoms with E-state index in [4.69, 9.17) is 36.3 Å². The molecule has 3 rings (SSSR count). The van der Waals surface area contributed by atoms with E-state index >= 15 is 0 Å². The first-order chi connectivity index (χ1) is 17.0. The van der Waals surface area contributed by atoms with Crippen molar-refractivity contribution in [2.45, 2.75) is 13.3 Å². The first kappa shape index (κ1) is 26.2.